The molecule has 1 atom stereocenters. The maximum absolute atomic E-state index is 5.81. The summed E-state index contributed by atoms with van der Waals surface area (Å²) in [7, 11) is 2.23. The molecule has 19 heavy (non-hydrogen) atoms. The molecule has 0 saturated carbocycles. The third-order valence-electron chi connectivity index (χ3n) is 4.31. The van der Waals surface area contributed by atoms with E-state index in [0.29, 0.717) is 0 Å². The van der Waals surface area contributed by atoms with E-state index in [1.165, 1.54) is 37.1 Å². The van der Waals surface area contributed by atoms with Gasteiger partial charge in [0, 0.05) is 6.54 Å². The highest BCUT2D eigenvalue weighted by Crippen LogP contribution is 2.27. The van der Waals surface area contributed by atoms with Gasteiger partial charge in [-0.25, -0.2) is 0 Å². The van der Waals surface area contributed by atoms with Crippen LogP contribution in [-0.2, 0) is 6.42 Å². The van der Waals surface area contributed by atoms with Gasteiger partial charge in [0.2, 0.25) is 0 Å². The van der Waals surface area contributed by atoms with Crippen LogP contribution in [0.25, 0.3) is 0 Å². The van der Waals surface area contributed by atoms with Crippen molar-refractivity contribution >= 4 is 0 Å². The van der Waals surface area contributed by atoms with E-state index in [9.17, 15) is 0 Å². The quantitative estimate of drug-likeness (QED) is 0.901. The molecule has 1 aliphatic heterocycles. The minimum Gasteiger partial charge on any atom is -0.330 e. The number of benzene rings is 1. The lowest BCUT2D eigenvalue weighted by molar-refractivity contribution is 0.251. The van der Waals surface area contributed by atoms with Crippen molar-refractivity contribution in [2.24, 2.45) is 11.1 Å². The second-order valence-electron chi connectivity index (χ2n) is 6.89. The summed E-state index contributed by atoms with van der Waals surface area (Å²) in [4.78, 5) is 2.44. The lowest BCUT2D eigenvalue weighted by atomic mass is 9.84. The van der Waals surface area contributed by atoms with Crippen molar-refractivity contribution in [1.29, 1.82) is 0 Å². The normalized spacial score (nSPS) is 21.6. The second-order valence-corrected chi connectivity index (χ2v) is 6.89. The summed E-state index contributed by atoms with van der Waals surface area (Å²) in [5.74, 6) is 0.718. The maximum Gasteiger partial charge on any atom is 0.00472 e. The van der Waals surface area contributed by atoms with Gasteiger partial charge in [0.15, 0.2) is 0 Å². The zero-order valence-corrected chi connectivity index (χ0v) is 12.7. The molecule has 2 heteroatoms. The standard InChI is InChI=1S/C17H28N2/c1-17(2,13-18)11-14-6-8-15(9-7-14)16-5-4-10-19(3)12-16/h6-9,16H,4-5,10-13,18H2,1-3H3. The van der Waals surface area contributed by atoms with E-state index in [-0.39, 0.29) is 5.41 Å². The third kappa shape index (κ3) is 4.05. The van der Waals surface area contributed by atoms with Gasteiger partial charge < -0.3 is 10.6 Å². The fraction of sp³-hybridized carbons (Fsp3) is 0.647. The number of rotatable bonds is 4. The number of piperidine rings is 1. The predicted octanol–water partition coefficient (Wildman–Crippen LogP) is 3.02. The van der Waals surface area contributed by atoms with Crippen LogP contribution in [0.15, 0.2) is 24.3 Å². The largest absolute Gasteiger partial charge is 0.330 e. The maximum atomic E-state index is 5.81. The Hall–Kier alpha value is -0.860. The minimum atomic E-state index is 0.201. The zero-order chi connectivity index (χ0) is 13.9. The number of nitrogens with two attached hydrogens (primary N) is 1. The number of likely N-dealkylation sites (tertiary alicyclic amines) is 1. The van der Waals surface area contributed by atoms with Crippen LogP contribution >= 0.6 is 0 Å². The molecule has 1 aromatic rings. The lowest BCUT2D eigenvalue weighted by Crippen LogP contribution is -2.30. The van der Waals surface area contributed by atoms with Gasteiger partial charge in [0.05, 0.1) is 0 Å². The molecular formula is C17H28N2. The van der Waals surface area contributed by atoms with E-state index in [1.54, 1.807) is 0 Å². The Morgan fingerprint density at radius 2 is 1.95 bits per heavy atom. The van der Waals surface area contributed by atoms with Crippen LogP contribution < -0.4 is 5.73 Å². The molecule has 1 fully saturated rings. The summed E-state index contributed by atoms with van der Waals surface area (Å²) in [5.41, 5.74) is 8.92. The van der Waals surface area contributed by atoms with Crippen LogP contribution in [0.5, 0.6) is 0 Å². The molecule has 1 heterocycles. The van der Waals surface area contributed by atoms with Crippen LogP contribution in [0.1, 0.15) is 43.7 Å². The molecule has 0 aliphatic carbocycles. The highest BCUT2D eigenvalue weighted by Gasteiger charge is 2.19. The molecular weight excluding hydrogens is 232 g/mol. The van der Waals surface area contributed by atoms with Gasteiger partial charge in [-0.15, -0.1) is 0 Å². The summed E-state index contributed by atoms with van der Waals surface area (Å²) in [6.07, 6.45) is 3.72. The van der Waals surface area contributed by atoms with Crippen molar-refractivity contribution in [1.82, 2.24) is 4.90 Å². The number of hydrogen-bond donors (Lipinski definition) is 1. The topological polar surface area (TPSA) is 29.3 Å². The Kier molecular flexibility index (Phi) is 4.64. The fourth-order valence-corrected chi connectivity index (χ4v) is 2.97. The van der Waals surface area contributed by atoms with Crippen LogP contribution in [0.4, 0.5) is 0 Å². The van der Waals surface area contributed by atoms with Gasteiger partial charge in [-0.2, -0.15) is 0 Å². The predicted molar refractivity (Wildman–Crippen MR) is 82.5 cm³/mol. The van der Waals surface area contributed by atoms with E-state index in [4.69, 9.17) is 5.73 Å². The van der Waals surface area contributed by atoms with Gasteiger partial charge in [0.1, 0.15) is 0 Å². The Morgan fingerprint density at radius 1 is 1.26 bits per heavy atom. The molecule has 1 unspecified atom stereocenters. The molecule has 1 aromatic carbocycles. The molecule has 2 N–H and O–H groups in total. The number of nitrogens with zero attached hydrogens (tertiary/aromatic N) is 1. The monoisotopic (exact) mass is 260 g/mol. The first-order chi connectivity index (χ1) is 9.00. The molecule has 2 nitrogen and oxygen atoms in total. The van der Waals surface area contributed by atoms with Gasteiger partial charge in [0.25, 0.3) is 0 Å². The molecule has 106 valence electrons. The van der Waals surface area contributed by atoms with Crippen molar-refractivity contribution in [3.63, 3.8) is 0 Å². The van der Waals surface area contributed by atoms with Gasteiger partial charge >= 0.3 is 0 Å². The molecule has 0 spiro atoms. The highest BCUT2D eigenvalue weighted by molar-refractivity contribution is 5.26. The summed E-state index contributed by atoms with van der Waals surface area (Å²) in [5, 5.41) is 0. The molecule has 1 saturated heterocycles. The molecule has 0 amide bonds. The summed E-state index contributed by atoms with van der Waals surface area (Å²) < 4.78 is 0. The molecule has 1 aliphatic rings. The van der Waals surface area contributed by atoms with Crippen LogP contribution in [0, 0.1) is 5.41 Å². The van der Waals surface area contributed by atoms with E-state index in [0.717, 1.165) is 18.9 Å². The minimum absolute atomic E-state index is 0.201. The van der Waals surface area contributed by atoms with Crippen molar-refractivity contribution < 1.29 is 0 Å². The van der Waals surface area contributed by atoms with E-state index < -0.39 is 0 Å². The fourth-order valence-electron chi connectivity index (χ4n) is 2.97. The highest BCUT2D eigenvalue weighted by atomic mass is 15.1. The lowest BCUT2D eigenvalue weighted by Gasteiger charge is -2.30. The molecule has 0 aromatic heterocycles. The Bertz CT molecular complexity index is 394. The smallest absolute Gasteiger partial charge is 0.00472 e. The summed E-state index contributed by atoms with van der Waals surface area (Å²) in [6.45, 7) is 7.66. The third-order valence-corrected chi connectivity index (χ3v) is 4.31. The summed E-state index contributed by atoms with van der Waals surface area (Å²) in [6, 6.07) is 9.24. The second kappa shape index (κ2) is 6.06. The molecule has 2 rings (SSSR count). The zero-order valence-electron chi connectivity index (χ0n) is 12.7. The first-order valence-corrected chi connectivity index (χ1v) is 7.48. The van der Waals surface area contributed by atoms with Gasteiger partial charge in [-0.05, 0) is 61.9 Å². The van der Waals surface area contributed by atoms with E-state index >= 15 is 0 Å². The molecule has 0 radical (unpaired) electrons. The van der Waals surface area contributed by atoms with Crippen LogP contribution in [-0.4, -0.2) is 31.6 Å². The van der Waals surface area contributed by atoms with Crippen molar-refractivity contribution in [3.8, 4) is 0 Å². The van der Waals surface area contributed by atoms with E-state index in [2.05, 4.69) is 50.1 Å². The van der Waals surface area contributed by atoms with Crippen LogP contribution in [0.2, 0.25) is 0 Å². The number of hydrogen-bond acceptors (Lipinski definition) is 2. The molecule has 0 bridgehead atoms. The van der Waals surface area contributed by atoms with Gasteiger partial charge in [-0.1, -0.05) is 38.1 Å². The van der Waals surface area contributed by atoms with Crippen molar-refractivity contribution in [3.05, 3.63) is 35.4 Å². The van der Waals surface area contributed by atoms with Crippen molar-refractivity contribution in [2.45, 2.75) is 39.0 Å². The van der Waals surface area contributed by atoms with Crippen LogP contribution in [0.3, 0.4) is 0 Å². The van der Waals surface area contributed by atoms with Crippen molar-refractivity contribution in [2.75, 3.05) is 26.7 Å². The summed E-state index contributed by atoms with van der Waals surface area (Å²) >= 11 is 0. The Labute approximate surface area is 118 Å². The average Bonchev–Trinajstić information content (AvgIpc) is 2.39. The first-order valence-electron chi connectivity index (χ1n) is 7.48. The Balaban J connectivity index is 2.02. The Morgan fingerprint density at radius 3 is 2.53 bits per heavy atom. The van der Waals surface area contributed by atoms with Gasteiger partial charge in [-0.3, -0.25) is 0 Å². The first kappa shape index (κ1) is 14.5. The SMILES string of the molecule is CN1CCCC(c2ccc(CC(C)(C)CN)cc2)C1. The average molecular weight is 260 g/mol. The number of likely N-dealkylation sites (N-methyl/N-ethyl adjacent to an activating group) is 1. The van der Waals surface area contributed by atoms with E-state index in [1.807, 2.05) is 0 Å².